The number of carbonyl (C=O) groups excluding carboxylic acids is 1. The summed E-state index contributed by atoms with van der Waals surface area (Å²) in [5.74, 6) is -0.463. The number of nitrogens with one attached hydrogen (secondary N) is 1. The molecule has 35 heavy (non-hydrogen) atoms. The Kier molecular flexibility index (Phi) is 6.75. The standard InChI is InChI=1S/C23H24F3N5O4/c1-2-30-11-3-4-18(30)13-27-21(32)16-7-10-20(19(12-16)31(33)34)35-14-15-5-8-17(9-6-15)22(28-29-22)23(24,25)26/h5-10,12,18H,2-4,11,13-14H2,1H3,(H,27,32). The van der Waals surface area contributed by atoms with Gasteiger partial charge in [0.2, 0.25) is 0 Å². The van der Waals surface area contributed by atoms with Crippen molar-refractivity contribution in [2.45, 2.75) is 44.3 Å². The van der Waals surface area contributed by atoms with Gasteiger partial charge in [0.15, 0.2) is 5.75 Å². The second-order valence-electron chi connectivity index (χ2n) is 8.43. The molecule has 0 bridgehead atoms. The zero-order valence-electron chi connectivity index (χ0n) is 18.9. The van der Waals surface area contributed by atoms with Crippen molar-refractivity contribution in [2.24, 2.45) is 10.2 Å². The van der Waals surface area contributed by atoms with Gasteiger partial charge in [-0.3, -0.25) is 19.8 Å². The molecule has 2 aromatic rings. The van der Waals surface area contributed by atoms with Crippen LogP contribution in [-0.4, -0.2) is 47.6 Å². The maximum Gasteiger partial charge on any atom is 0.442 e. The van der Waals surface area contributed by atoms with Crippen LogP contribution < -0.4 is 10.1 Å². The minimum Gasteiger partial charge on any atom is -0.482 e. The minimum atomic E-state index is -4.62. The number of benzene rings is 2. The fourth-order valence-electron chi connectivity index (χ4n) is 4.22. The fraction of sp³-hybridized carbons (Fsp3) is 0.435. The zero-order chi connectivity index (χ0) is 25.2. The van der Waals surface area contributed by atoms with Crippen LogP contribution in [0.4, 0.5) is 18.9 Å². The van der Waals surface area contributed by atoms with E-state index in [-0.39, 0.29) is 35.2 Å². The molecule has 2 aliphatic rings. The summed E-state index contributed by atoms with van der Waals surface area (Å²) in [4.78, 5) is 25.8. The van der Waals surface area contributed by atoms with Crippen LogP contribution in [0.3, 0.4) is 0 Å². The summed E-state index contributed by atoms with van der Waals surface area (Å²) in [6.45, 7) is 4.30. The molecule has 12 heteroatoms. The van der Waals surface area contributed by atoms with E-state index in [0.717, 1.165) is 32.0 Å². The fourth-order valence-corrected chi connectivity index (χ4v) is 4.22. The lowest BCUT2D eigenvalue weighted by molar-refractivity contribution is -0.386. The number of nitro benzene ring substituents is 1. The molecule has 0 spiro atoms. The highest BCUT2D eigenvalue weighted by molar-refractivity contribution is 5.95. The average molecular weight is 491 g/mol. The highest BCUT2D eigenvalue weighted by Crippen LogP contribution is 2.52. The largest absolute Gasteiger partial charge is 0.482 e. The highest BCUT2D eigenvalue weighted by Gasteiger charge is 2.65. The number of hydrogen-bond donors (Lipinski definition) is 1. The first-order valence-corrected chi connectivity index (χ1v) is 11.2. The molecule has 0 aromatic heterocycles. The Morgan fingerprint density at radius 3 is 2.57 bits per heavy atom. The minimum absolute atomic E-state index is 0.0532. The van der Waals surface area contributed by atoms with Gasteiger partial charge in [-0.15, -0.1) is 10.2 Å². The van der Waals surface area contributed by atoms with E-state index in [9.17, 15) is 28.1 Å². The van der Waals surface area contributed by atoms with Crippen LogP contribution in [0.1, 0.15) is 41.3 Å². The lowest BCUT2D eigenvalue weighted by Crippen LogP contribution is -2.40. The van der Waals surface area contributed by atoms with Gasteiger partial charge in [0.25, 0.3) is 5.91 Å². The van der Waals surface area contributed by atoms with Crippen molar-refractivity contribution in [3.8, 4) is 5.75 Å². The van der Waals surface area contributed by atoms with E-state index >= 15 is 0 Å². The average Bonchev–Trinajstić information content (AvgIpc) is 3.54. The number of hydrogen-bond acceptors (Lipinski definition) is 7. The third-order valence-corrected chi connectivity index (χ3v) is 6.27. The molecule has 0 aliphatic carbocycles. The Labute approximate surface area is 199 Å². The summed E-state index contributed by atoms with van der Waals surface area (Å²) in [5, 5.41) is 20.7. The molecule has 1 saturated heterocycles. The van der Waals surface area contributed by atoms with Gasteiger partial charge in [0.1, 0.15) is 6.61 Å². The molecule has 2 aliphatic heterocycles. The number of halogens is 3. The summed E-state index contributed by atoms with van der Waals surface area (Å²) in [6, 6.07) is 9.53. The molecular weight excluding hydrogens is 467 g/mol. The van der Waals surface area contributed by atoms with E-state index in [2.05, 4.69) is 27.4 Å². The third-order valence-electron chi connectivity index (χ3n) is 6.27. The van der Waals surface area contributed by atoms with Crippen molar-refractivity contribution >= 4 is 11.6 Å². The summed E-state index contributed by atoms with van der Waals surface area (Å²) in [5.41, 5.74) is -2.36. The Morgan fingerprint density at radius 1 is 1.26 bits per heavy atom. The molecule has 0 radical (unpaired) electrons. The number of likely N-dealkylation sites (N-methyl/N-ethyl adjacent to an activating group) is 1. The van der Waals surface area contributed by atoms with E-state index in [1.54, 1.807) is 0 Å². The maximum absolute atomic E-state index is 13.1. The summed E-state index contributed by atoms with van der Waals surface area (Å²) >= 11 is 0. The summed E-state index contributed by atoms with van der Waals surface area (Å²) in [7, 11) is 0. The van der Waals surface area contributed by atoms with Crippen LogP contribution in [0, 0.1) is 10.1 Å². The van der Waals surface area contributed by atoms with Gasteiger partial charge in [0, 0.05) is 29.8 Å². The quantitative estimate of drug-likeness (QED) is 0.408. The van der Waals surface area contributed by atoms with E-state index in [0.29, 0.717) is 12.1 Å². The van der Waals surface area contributed by atoms with Crippen molar-refractivity contribution < 1.29 is 27.6 Å². The number of nitrogens with zero attached hydrogens (tertiary/aromatic N) is 4. The first-order valence-electron chi connectivity index (χ1n) is 11.2. The number of carbonyl (C=O) groups is 1. The topological polar surface area (TPSA) is 109 Å². The Balaban J connectivity index is 1.39. The molecular formula is C23H24F3N5O4. The molecule has 2 heterocycles. The predicted molar refractivity (Wildman–Crippen MR) is 119 cm³/mol. The maximum atomic E-state index is 13.1. The Hall–Kier alpha value is -3.54. The van der Waals surface area contributed by atoms with Crippen LogP contribution in [0.15, 0.2) is 52.7 Å². The van der Waals surface area contributed by atoms with Crippen LogP contribution >= 0.6 is 0 Å². The second kappa shape index (κ2) is 9.61. The van der Waals surface area contributed by atoms with Gasteiger partial charge in [0.05, 0.1) is 4.92 Å². The first-order chi connectivity index (χ1) is 16.6. The van der Waals surface area contributed by atoms with Crippen LogP contribution in [0.25, 0.3) is 0 Å². The molecule has 1 N–H and O–H groups in total. The first kappa shape index (κ1) is 24.6. The van der Waals surface area contributed by atoms with Gasteiger partial charge >= 0.3 is 17.5 Å². The van der Waals surface area contributed by atoms with E-state index in [1.165, 1.54) is 36.4 Å². The molecule has 1 unspecified atom stereocenters. The van der Waals surface area contributed by atoms with Crippen LogP contribution in [0.2, 0.25) is 0 Å². The van der Waals surface area contributed by atoms with Gasteiger partial charge in [-0.1, -0.05) is 31.2 Å². The Bertz CT molecular complexity index is 1130. The predicted octanol–water partition coefficient (Wildman–Crippen LogP) is 4.57. The lowest BCUT2D eigenvalue weighted by Gasteiger charge is -2.22. The second-order valence-corrected chi connectivity index (χ2v) is 8.43. The molecule has 2 aromatic carbocycles. The van der Waals surface area contributed by atoms with E-state index < -0.39 is 22.7 Å². The number of ether oxygens (including phenoxy) is 1. The lowest BCUT2D eigenvalue weighted by atomic mass is 10.0. The Morgan fingerprint density at radius 2 is 1.97 bits per heavy atom. The third kappa shape index (κ3) is 5.11. The van der Waals surface area contributed by atoms with Crippen molar-refractivity contribution in [1.29, 1.82) is 0 Å². The molecule has 1 amide bonds. The van der Waals surface area contributed by atoms with Crippen molar-refractivity contribution in [3.05, 3.63) is 69.3 Å². The SMILES string of the molecule is CCN1CCCC1CNC(=O)c1ccc(OCc2ccc(C3(C(F)(F)F)N=N3)cc2)c([N+](=O)[O-])c1. The number of alkyl halides is 3. The van der Waals surface area contributed by atoms with Crippen LogP contribution in [-0.2, 0) is 12.3 Å². The molecule has 9 nitrogen and oxygen atoms in total. The van der Waals surface area contributed by atoms with Gasteiger partial charge in [-0.25, -0.2) is 0 Å². The van der Waals surface area contributed by atoms with Gasteiger partial charge < -0.3 is 10.1 Å². The molecule has 4 rings (SSSR count). The monoisotopic (exact) mass is 491 g/mol. The molecule has 1 fully saturated rings. The van der Waals surface area contributed by atoms with Crippen LogP contribution in [0.5, 0.6) is 5.75 Å². The van der Waals surface area contributed by atoms with Crippen molar-refractivity contribution in [1.82, 2.24) is 10.2 Å². The number of rotatable bonds is 9. The molecule has 1 atom stereocenters. The number of nitro groups is 1. The molecule has 0 saturated carbocycles. The number of amides is 1. The number of likely N-dealkylation sites (tertiary alicyclic amines) is 1. The zero-order valence-corrected chi connectivity index (χ0v) is 18.9. The molecule has 186 valence electrons. The van der Waals surface area contributed by atoms with Gasteiger partial charge in [-0.05, 0) is 43.6 Å². The van der Waals surface area contributed by atoms with Gasteiger partial charge in [-0.2, -0.15) is 13.2 Å². The van der Waals surface area contributed by atoms with E-state index in [1.807, 2.05) is 0 Å². The van der Waals surface area contributed by atoms with E-state index in [4.69, 9.17) is 4.74 Å². The highest BCUT2D eigenvalue weighted by atomic mass is 19.4. The van der Waals surface area contributed by atoms with Crippen molar-refractivity contribution in [2.75, 3.05) is 19.6 Å². The summed E-state index contributed by atoms with van der Waals surface area (Å²) in [6.07, 6.45) is -2.56. The van der Waals surface area contributed by atoms with Crippen molar-refractivity contribution in [3.63, 3.8) is 0 Å². The summed E-state index contributed by atoms with van der Waals surface area (Å²) < 4.78 is 44.9. The normalized spacial score (nSPS) is 18.9. The smallest absolute Gasteiger partial charge is 0.442 e.